The van der Waals surface area contributed by atoms with Crippen molar-refractivity contribution in [2.24, 2.45) is 0 Å². The minimum atomic E-state index is -0.363. The van der Waals surface area contributed by atoms with Gasteiger partial charge in [0.05, 0.1) is 17.9 Å². The maximum atomic E-state index is 12.9. The number of ether oxygens (including phenoxy) is 2. The molecule has 35 heavy (non-hydrogen) atoms. The molecule has 3 aromatic rings. The van der Waals surface area contributed by atoms with E-state index in [0.29, 0.717) is 34.7 Å². The molecule has 0 radical (unpaired) electrons. The van der Waals surface area contributed by atoms with Gasteiger partial charge in [-0.3, -0.25) is 4.79 Å². The van der Waals surface area contributed by atoms with Crippen LogP contribution in [0.3, 0.4) is 0 Å². The van der Waals surface area contributed by atoms with Gasteiger partial charge in [0.25, 0.3) is 0 Å². The Kier molecular flexibility index (Phi) is 8.46. The maximum Gasteiger partial charge on any atom is 0.341 e. The number of para-hydroxylation sites is 1. The Bertz CT molecular complexity index is 1180. The molecule has 0 spiro atoms. The molecular formula is C25H30N4O4S2. The smallest absolute Gasteiger partial charge is 0.341 e. The summed E-state index contributed by atoms with van der Waals surface area (Å²) in [5.74, 6) is 1.05. The molecular weight excluding hydrogens is 484 g/mol. The summed E-state index contributed by atoms with van der Waals surface area (Å²) in [6.45, 7) is 6.68. The van der Waals surface area contributed by atoms with Gasteiger partial charge in [0.2, 0.25) is 5.91 Å². The van der Waals surface area contributed by atoms with E-state index in [1.54, 1.807) is 6.92 Å². The van der Waals surface area contributed by atoms with E-state index in [1.165, 1.54) is 28.0 Å². The number of benzene rings is 1. The molecule has 1 atom stereocenters. The topological polar surface area (TPSA) is 95.3 Å². The highest BCUT2D eigenvalue weighted by molar-refractivity contribution is 7.99. The second kappa shape index (κ2) is 11.7. The number of anilines is 1. The number of carbonyl (C=O) groups is 2. The van der Waals surface area contributed by atoms with Crippen LogP contribution in [0.15, 0.2) is 35.5 Å². The molecule has 4 rings (SSSR count). The molecule has 2 aromatic heterocycles. The van der Waals surface area contributed by atoms with E-state index in [0.717, 1.165) is 37.0 Å². The summed E-state index contributed by atoms with van der Waals surface area (Å²) in [6.07, 6.45) is 3.62. The molecule has 8 nitrogen and oxygen atoms in total. The van der Waals surface area contributed by atoms with E-state index in [9.17, 15) is 9.59 Å². The average Bonchev–Trinajstić information content (AvgIpc) is 3.44. The number of esters is 1. The van der Waals surface area contributed by atoms with Gasteiger partial charge < -0.3 is 19.4 Å². The lowest BCUT2D eigenvalue weighted by atomic mass is 9.95. The van der Waals surface area contributed by atoms with Crippen LogP contribution in [0.4, 0.5) is 5.00 Å². The van der Waals surface area contributed by atoms with Crippen LogP contribution in [0.25, 0.3) is 0 Å². The van der Waals surface area contributed by atoms with Gasteiger partial charge in [-0.1, -0.05) is 30.0 Å². The van der Waals surface area contributed by atoms with Crippen LogP contribution in [-0.2, 0) is 28.9 Å². The zero-order valence-corrected chi connectivity index (χ0v) is 21.8. The van der Waals surface area contributed by atoms with Crippen molar-refractivity contribution in [1.82, 2.24) is 14.8 Å². The molecule has 1 aliphatic rings. The lowest BCUT2D eigenvalue weighted by molar-refractivity contribution is -0.113. The summed E-state index contributed by atoms with van der Waals surface area (Å²) in [4.78, 5) is 26.7. The summed E-state index contributed by atoms with van der Waals surface area (Å²) in [5.41, 5.74) is 1.56. The van der Waals surface area contributed by atoms with Crippen LogP contribution in [-0.4, -0.2) is 39.0 Å². The fourth-order valence-electron chi connectivity index (χ4n) is 4.13. The van der Waals surface area contributed by atoms with Crippen molar-refractivity contribution < 1.29 is 19.1 Å². The standard InChI is InChI=1S/C25H30N4O4S2/c1-4-29-22(16(3)33-17-11-7-6-8-12-17)27-28-25(29)34-15-20(30)26-23-21(24(31)32-5-2)18-13-9-10-14-19(18)35-23/h6-8,11-12,16H,4-5,9-10,13-15H2,1-3H3,(H,26,30). The van der Waals surface area contributed by atoms with E-state index in [-0.39, 0.29) is 23.7 Å². The first-order valence-corrected chi connectivity index (χ1v) is 13.7. The van der Waals surface area contributed by atoms with Crippen LogP contribution < -0.4 is 10.1 Å². The Morgan fingerprint density at radius 3 is 2.69 bits per heavy atom. The van der Waals surface area contributed by atoms with Gasteiger partial charge in [-0.15, -0.1) is 21.5 Å². The predicted octanol–water partition coefficient (Wildman–Crippen LogP) is 5.29. The number of nitrogens with one attached hydrogen (secondary N) is 1. The van der Waals surface area contributed by atoms with Crippen LogP contribution in [0.1, 0.15) is 66.3 Å². The Balaban J connectivity index is 1.43. The van der Waals surface area contributed by atoms with Crippen molar-refractivity contribution in [2.75, 3.05) is 17.7 Å². The predicted molar refractivity (Wildman–Crippen MR) is 137 cm³/mol. The maximum absolute atomic E-state index is 12.9. The Morgan fingerprint density at radius 2 is 1.94 bits per heavy atom. The Morgan fingerprint density at radius 1 is 1.17 bits per heavy atom. The van der Waals surface area contributed by atoms with Gasteiger partial charge in [0.15, 0.2) is 17.1 Å². The molecule has 10 heteroatoms. The Labute approximate surface area is 213 Å². The van der Waals surface area contributed by atoms with Crippen molar-refractivity contribution >= 4 is 40.0 Å². The molecule has 2 heterocycles. The van der Waals surface area contributed by atoms with Crippen molar-refractivity contribution in [3.8, 4) is 5.75 Å². The number of thioether (sulfide) groups is 1. The monoisotopic (exact) mass is 514 g/mol. The highest BCUT2D eigenvalue weighted by atomic mass is 32.2. The van der Waals surface area contributed by atoms with Gasteiger partial charge >= 0.3 is 5.97 Å². The van der Waals surface area contributed by atoms with Gasteiger partial charge in [0, 0.05) is 11.4 Å². The number of aryl methyl sites for hydroxylation is 1. The number of fused-ring (bicyclic) bond motifs is 1. The molecule has 1 aromatic carbocycles. The molecule has 0 aliphatic heterocycles. The lowest BCUT2D eigenvalue weighted by Crippen LogP contribution is -2.17. The summed E-state index contributed by atoms with van der Waals surface area (Å²) >= 11 is 2.80. The van der Waals surface area contributed by atoms with E-state index in [1.807, 2.05) is 48.7 Å². The van der Waals surface area contributed by atoms with Crippen LogP contribution in [0.2, 0.25) is 0 Å². The minimum absolute atomic E-state index is 0.150. The third kappa shape index (κ3) is 5.87. The van der Waals surface area contributed by atoms with Crippen molar-refractivity contribution in [3.63, 3.8) is 0 Å². The highest BCUT2D eigenvalue weighted by Gasteiger charge is 2.27. The molecule has 0 saturated heterocycles. The van der Waals surface area contributed by atoms with Crippen LogP contribution in [0.5, 0.6) is 5.75 Å². The number of thiophene rings is 1. The van der Waals surface area contributed by atoms with Gasteiger partial charge in [0.1, 0.15) is 10.8 Å². The normalized spacial score (nSPS) is 13.7. The number of carbonyl (C=O) groups excluding carboxylic acids is 2. The summed E-state index contributed by atoms with van der Waals surface area (Å²) in [6, 6.07) is 9.58. The van der Waals surface area contributed by atoms with E-state index in [2.05, 4.69) is 15.5 Å². The number of aromatic nitrogens is 3. The summed E-state index contributed by atoms with van der Waals surface area (Å²) in [5, 5.41) is 12.8. The fraction of sp³-hybridized carbons (Fsp3) is 0.440. The fourth-order valence-corrected chi connectivity index (χ4v) is 6.23. The van der Waals surface area contributed by atoms with Crippen molar-refractivity contribution in [1.29, 1.82) is 0 Å². The molecule has 1 N–H and O–H groups in total. The molecule has 0 bridgehead atoms. The number of amides is 1. The quantitative estimate of drug-likeness (QED) is 0.290. The largest absolute Gasteiger partial charge is 0.483 e. The Hall–Kier alpha value is -2.85. The lowest BCUT2D eigenvalue weighted by Gasteiger charge is -2.15. The van der Waals surface area contributed by atoms with Crippen molar-refractivity contribution in [3.05, 3.63) is 52.2 Å². The zero-order valence-electron chi connectivity index (χ0n) is 20.2. The van der Waals surface area contributed by atoms with E-state index >= 15 is 0 Å². The number of hydrogen-bond donors (Lipinski definition) is 1. The molecule has 1 unspecified atom stereocenters. The zero-order chi connectivity index (χ0) is 24.8. The van der Waals surface area contributed by atoms with E-state index in [4.69, 9.17) is 9.47 Å². The third-order valence-electron chi connectivity index (χ3n) is 5.72. The second-order valence-corrected chi connectivity index (χ2v) is 10.2. The van der Waals surface area contributed by atoms with Gasteiger partial charge in [-0.05, 0) is 64.2 Å². The first-order valence-electron chi connectivity index (χ1n) is 11.9. The molecule has 0 saturated carbocycles. The van der Waals surface area contributed by atoms with Crippen LogP contribution in [0, 0.1) is 0 Å². The molecule has 1 amide bonds. The molecule has 0 fully saturated rings. The molecule has 186 valence electrons. The average molecular weight is 515 g/mol. The number of nitrogens with zero attached hydrogens (tertiary/aromatic N) is 3. The second-order valence-electron chi connectivity index (χ2n) is 8.13. The SMILES string of the molecule is CCOC(=O)c1c(NC(=O)CSc2nnc(C(C)Oc3ccccc3)n2CC)sc2c1CCCC2. The van der Waals surface area contributed by atoms with Crippen molar-refractivity contribution in [2.45, 2.75) is 64.3 Å². The highest BCUT2D eigenvalue weighted by Crippen LogP contribution is 2.38. The minimum Gasteiger partial charge on any atom is -0.483 e. The van der Waals surface area contributed by atoms with E-state index < -0.39 is 0 Å². The number of hydrogen-bond acceptors (Lipinski definition) is 8. The van der Waals surface area contributed by atoms with Gasteiger partial charge in [-0.2, -0.15) is 0 Å². The summed E-state index contributed by atoms with van der Waals surface area (Å²) in [7, 11) is 0. The first kappa shape index (κ1) is 25.2. The molecule has 1 aliphatic carbocycles. The first-order chi connectivity index (χ1) is 17.0. The van der Waals surface area contributed by atoms with Crippen LogP contribution >= 0.6 is 23.1 Å². The number of rotatable bonds is 10. The summed E-state index contributed by atoms with van der Waals surface area (Å²) < 4.78 is 13.2. The van der Waals surface area contributed by atoms with Gasteiger partial charge in [-0.25, -0.2) is 4.79 Å². The third-order valence-corrected chi connectivity index (χ3v) is 7.89.